The Morgan fingerprint density at radius 2 is 1.92 bits per heavy atom. The van der Waals surface area contributed by atoms with Crippen molar-refractivity contribution in [3.63, 3.8) is 0 Å². The van der Waals surface area contributed by atoms with Gasteiger partial charge in [0.2, 0.25) is 5.91 Å². The fourth-order valence-corrected chi connectivity index (χ4v) is 3.29. The van der Waals surface area contributed by atoms with E-state index < -0.39 is 0 Å². The van der Waals surface area contributed by atoms with Crippen LogP contribution in [0.2, 0.25) is 0 Å². The van der Waals surface area contributed by atoms with Crippen molar-refractivity contribution in [2.45, 2.75) is 13.3 Å². The molecule has 6 heteroatoms. The summed E-state index contributed by atoms with van der Waals surface area (Å²) in [4.78, 5) is 23.2. The largest absolute Gasteiger partial charge is 0.378 e. The number of aryl methyl sites for hydroxylation is 1. The number of carbonyl (C=O) groups is 1. The van der Waals surface area contributed by atoms with E-state index in [1.165, 1.54) is 0 Å². The quantitative estimate of drug-likeness (QED) is 0.727. The summed E-state index contributed by atoms with van der Waals surface area (Å²) in [5, 5.41) is 2.15. The number of hydrogen-bond donors (Lipinski definition) is 0. The van der Waals surface area contributed by atoms with E-state index in [0.29, 0.717) is 32.7 Å². The molecule has 3 heterocycles. The zero-order valence-electron chi connectivity index (χ0n) is 15.1. The number of amides is 1. The fourth-order valence-electron chi connectivity index (χ4n) is 3.29. The van der Waals surface area contributed by atoms with Crippen LogP contribution in [0.15, 0.2) is 36.7 Å². The van der Waals surface area contributed by atoms with Crippen LogP contribution >= 0.6 is 0 Å². The minimum absolute atomic E-state index is 0.110. The minimum atomic E-state index is 0.110. The monoisotopic (exact) mass is 350 g/mol. The average molecular weight is 350 g/mol. The van der Waals surface area contributed by atoms with Crippen LogP contribution in [0.25, 0.3) is 22.0 Å². The van der Waals surface area contributed by atoms with Gasteiger partial charge in [-0.15, -0.1) is 0 Å². The van der Waals surface area contributed by atoms with Gasteiger partial charge in [-0.05, 0) is 24.4 Å². The van der Waals surface area contributed by atoms with Gasteiger partial charge in [-0.1, -0.05) is 12.1 Å². The van der Waals surface area contributed by atoms with Gasteiger partial charge in [0.05, 0.1) is 37.2 Å². The highest BCUT2D eigenvalue weighted by molar-refractivity contribution is 5.87. The Hall–Kier alpha value is -2.73. The summed E-state index contributed by atoms with van der Waals surface area (Å²) in [6.45, 7) is 4.55. The number of hydrogen-bond acceptors (Lipinski definition) is 4. The van der Waals surface area contributed by atoms with Gasteiger partial charge >= 0.3 is 0 Å². The van der Waals surface area contributed by atoms with Crippen molar-refractivity contribution in [1.29, 1.82) is 0 Å². The van der Waals surface area contributed by atoms with Gasteiger partial charge in [0.25, 0.3) is 0 Å². The fraction of sp³-hybridized carbons (Fsp3) is 0.350. The smallest absolute Gasteiger partial charge is 0.228 e. The molecule has 134 valence electrons. The molecule has 6 nitrogen and oxygen atoms in total. The Balaban J connectivity index is 1.61. The highest BCUT2D eigenvalue weighted by Gasteiger charge is 2.17. The Kier molecular flexibility index (Phi) is 4.42. The summed E-state index contributed by atoms with van der Waals surface area (Å²) in [5.41, 5.74) is 2.98. The molecule has 3 aromatic rings. The van der Waals surface area contributed by atoms with E-state index in [1.54, 1.807) is 0 Å². The number of rotatable bonds is 3. The molecule has 26 heavy (non-hydrogen) atoms. The normalized spacial score (nSPS) is 14.8. The zero-order valence-corrected chi connectivity index (χ0v) is 15.1. The summed E-state index contributed by atoms with van der Waals surface area (Å²) >= 11 is 0. The predicted molar refractivity (Wildman–Crippen MR) is 99.8 cm³/mol. The Labute approximate surface area is 152 Å². The first-order chi connectivity index (χ1) is 12.6. The van der Waals surface area contributed by atoms with Crippen molar-refractivity contribution in [3.8, 4) is 11.3 Å². The van der Waals surface area contributed by atoms with Gasteiger partial charge in [0.1, 0.15) is 5.82 Å². The van der Waals surface area contributed by atoms with Crippen LogP contribution in [-0.4, -0.2) is 51.6 Å². The average Bonchev–Trinajstić information content (AvgIpc) is 3.00. The lowest BCUT2D eigenvalue weighted by atomic mass is 10.1. The molecule has 1 aromatic carbocycles. The lowest BCUT2D eigenvalue weighted by molar-refractivity contribution is -0.134. The number of imidazole rings is 1. The van der Waals surface area contributed by atoms with Crippen molar-refractivity contribution in [1.82, 2.24) is 19.4 Å². The van der Waals surface area contributed by atoms with Crippen LogP contribution < -0.4 is 0 Å². The molecule has 0 saturated carbocycles. The topological polar surface area (TPSA) is 60.3 Å². The van der Waals surface area contributed by atoms with E-state index in [1.807, 2.05) is 37.3 Å². The van der Waals surface area contributed by atoms with Crippen LogP contribution in [-0.2, 0) is 23.0 Å². The number of fused-ring (bicyclic) bond motifs is 1. The number of morpholine rings is 1. The maximum atomic E-state index is 12.5. The van der Waals surface area contributed by atoms with Crippen LogP contribution in [0.5, 0.6) is 0 Å². The van der Waals surface area contributed by atoms with E-state index >= 15 is 0 Å². The summed E-state index contributed by atoms with van der Waals surface area (Å²) in [6, 6.07) is 8.29. The van der Waals surface area contributed by atoms with E-state index in [0.717, 1.165) is 33.5 Å². The third-order valence-electron chi connectivity index (χ3n) is 4.99. The van der Waals surface area contributed by atoms with Gasteiger partial charge in [-0.2, -0.15) is 0 Å². The SMILES string of the molecule is Cc1ncc(-c2ccc3cnc(CC(=O)N4CCOCC4)cc3c2)n1C. The number of ether oxygens (including phenoxy) is 1. The van der Waals surface area contributed by atoms with E-state index in [9.17, 15) is 4.79 Å². The van der Waals surface area contributed by atoms with Crippen molar-refractivity contribution in [2.75, 3.05) is 26.3 Å². The summed E-state index contributed by atoms with van der Waals surface area (Å²) < 4.78 is 7.38. The third kappa shape index (κ3) is 3.20. The van der Waals surface area contributed by atoms with Gasteiger partial charge in [0.15, 0.2) is 0 Å². The highest BCUT2D eigenvalue weighted by Crippen LogP contribution is 2.25. The van der Waals surface area contributed by atoms with Crippen LogP contribution in [0, 0.1) is 6.92 Å². The molecule has 0 aliphatic carbocycles. The summed E-state index contributed by atoms with van der Waals surface area (Å²) in [7, 11) is 2.01. The molecule has 2 aromatic heterocycles. The van der Waals surface area contributed by atoms with Gasteiger partial charge in [-0.3, -0.25) is 9.78 Å². The molecule has 1 aliphatic rings. The molecule has 0 atom stereocenters. The zero-order chi connectivity index (χ0) is 18.1. The van der Waals surface area contributed by atoms with Crippen molar-refractivity contribution >= 4 is 16.7 Å². The lowest BCUT2D eigenvalue weighted by Gasteiger charge is -2.26. The molecule has 1 saturated heterocycles. The van der Waals surface area contributed by atoms with E-state index in [-0.39, 0.29) is 5.91 Å². The maximum absolute atomic E-state index is 12.5. The Bertz CT molecular complexity index is 958. The Morgan fingerprint density at radius 1 is 1.12 bits per heavy atom. The van der Waals surface area contributed by atoms with Gasteiger partial charge in [0, 0.05) is 37.3 Å². The molecule has 0 N–H and O–H groups in total. The van der Waals surface area contributed by atoms with Crippen molar-refractivity contribution in [3.05, 3.63) is 48.2 Å². The summed E-state index contributed by atoms with van der Waals surface area (Å²) in [6.07, 6.45) is 4.06. The van der Waals surface area contributed by atoms with Crippen molar-refractivity contribution < 1.29 is 9.53 Å². The van der Waals surface area contributed by atoms with Gasteiger partial charge in [-0.25, -0.2) is 4.98 Å². The first-order valence-corrected chi connectivity index (χ1v) is 8.85. The molecule has 1 fully saturated rings. The highest BCUT2D eigenvalue weighted by atomic mass is 16.5. The molecular formula is C20H22N4O2. The Morgan fingerprint density at radius 3 is 2.65 bits per heavy atom. The van der Waals surface area contributed by atoms with Gasteiger partial charge < -0.3 is 14.2 Å². The molecule has 1 amide bonds. The molecule has 0 unspecified atom stereocenters. The molecule has 0 spiro atoms. The molecule has 1 aliphatic heterocycles. The number of aromatic nitrogens is 3. The molecule has 0 radical (unpaired) electrons. The maximum Gasteiger partial charge on any atom is 0.228 e. The summed E-state index contributed by atoms with van der Waals surface area (Å²) in [5.74, 6) is 1.09. The molecule has 4 rings (SSSR count). The predicted octanol–water partition coefficient (Wildman–Crippen LogP) is 2.35. The number of nitrogens with zero attached hydrogens (tertiary/aromatic N) is 4. The third-order valence-corrected chi connectivity index (χ3v) is 4.99. The number of carbonyl (C=O) groups excluding carboxylic acids is 1. The van der Waals surface area contributed by atoms with Crippen LogP contribution in [0.1, 0.15) is 11.5 Å². The second kappa shape index (κ2) is 6.88. The number of benzene rings is 1. The van der Waals surface area contributed by atoms with Crippen LogP contribution in [0.3, 0.4) is 0 Å². The second-order valence-electron chi connectivity index (χ2n) is 6.66. The van der Waals surface area contributed by atoms with E-state index in [4.69, 9.17) is 4.74 Å². The van der Waals surface area contributed by atoms with E-state index in [2.05, 4.69) is 32.7 Å². The first kappa shape index (κ1) is 16.7. The van der Waals surface area contributed by atoms with Crippen LogP contribution in [0.4, 0.5) is 0 Å². The minimum Gasteiger partial charge on any atom is -0.378 e. The first-order valence-electron chi connectivity index (χ1n) is 8.85. The lowest BCUT2D eigenvalue weighted by Crippen LogP contribution is -2.41. The van der Waals surface area contributed by atoms with Crippen molar-refractivity contribution in [2.24, 2.45) is 7.05 Å². The second-order valence-corrected chi connectivity index (χ2v) is 6.66. The number of pyridine rings is 1. The standard InChI is InChI=1S/C20H22N4O2/c1-14-21-13-19(23(14)2)15-3-4-16-12-22-18(10-17(16)9-15)11-20(25)24-5-7-26-8-6-24/h3-4,9-10,12-13H,5-8,11H2,1-2H3. The molecular weight excluding hydrogens is 328 g/mol. The molecule has 0 bridgehead atoms.